The number of hydrogen-bond donors (Lipinski definition) is 1. The van der Waals surface area contributed by atoms with Gasteiger partial charge in [0.15, 0.2) is 0 Å². The van der Waals surface area contributed by atoms with E-state index in [-0.39, 0.29) is 23.4 Å². The maximum Gasteiger partial charge on any atom is 0.275 e. The summed E-state index contributed by atoms with van der Waals surface area (Å²) in [5, 5.41) is 8.59. The topological polar surface area (TPSA) is 67.2 Å². The van der Waals surface area contributed by atoms with Crippen LogP contribution in [0.5, 0.6) is 0 Å². The molecule has 130 valence electrons. The molecule has 24 heavy (non-hydrogen) atoms. The maximum atomic E-state index is 12.5. The van der Waals surface area contributed by atoms with Crippen LogP contribution in [-0.4, -0.2) is 47.8 Å². The van der Waals surface area contributed by atoms with Crippen LogP contribution in [0.3, 0.4) is 0 Å². The normalized spacial score (nSPS) is 11.9. The second-order valence-electron chi connectivity index (χ2n) is 7.27. The van der Waals surface area contributed by atoms with Gasteiger partial charge in [-0.2, -0.15) is 5.10 Å². The lowest BCUT2D eigenvalue weighted by atomic mass is 9.93. The Bertz CT molecular complexity index is 793. The van der Waals surface area contributed by atoms with E-state index in [1.807, 2.05) is 39.2 Å². The summed E-state index contributed by atoms with van der Waals surface area (Å²) in [4.78, 5) is 26.8. The minimum Gasteiger partial charge on any atom is -0.354 e. The molecule has 1 heterocycles. The molecule has 0 aliphatic carbocycles. The molecular weight excluding hydrogens is 304 g/mol. The highest BCUT2D eigenvalue weighted by molar-refractivity contribution is 5.83. The van der Waals surface area contributed by atoms with Gasteiger partial charge in [-0.05, 0) is 32.5 Å². The lowest BCUT2D eigenvalue weighted by Crippen LogP contribution is -2.42. The largest absolute Gasteiger partial charge is 0.354 e. The van der Waals surface area contributed by atoms with Crippen molar-refractivity contribution < 1.29 is 4.79 Å². The number of nitrogens with zero attached hydrogens (tertiary/aromatic N) is 3. The molecule has 1 aromatic carbocycles. The Hall–Kier alpha value is -2.21. The quantitative estimate of drug-likeness (QED) is 0.870. The summed E-state index contributed by atoms with van der Waals surface area (Å²) in [5.74, 6) is -0.203. The number of hydrogen-bond acceptors (Lipinski definition) is 4. The van der Waals surface area contributed by atoms with Crippen molar-refractivity contribution in [3.8, 4) is 0 Å². The molecule has 0 aliphatic rings. The minimum atomic E-state index is -0.237. The van der Waals surface area contributed by atoms with Gasteiger partial charge in [0.05, 0.1) is 11.1 Å². The van der Waals surface area contributed by atoms with Crippen LogP contribution < -0.4 is 10.9 Å². The predicted molar refractivity (Wildman–Crippen MR) is 96.1 cm³/mol. The van der Waals surface area contributed by atoms with E-state index in [0.717, 1.165) is 17.6 Å². The number of aromatic nitrogens is 2. The second-order valence-corrected chi connectivity index (χ2v) is 7.27. The summed E-state index contributed by atoms with van der Waals surface area (Å²) >= 11 is 0. The predicted octanol–water partition coefficient (Wildman–Crippen LogP) is 1.41. The molecule has 0 atom stereocenters. The standard InChI is InChI=1S/C18H26N4O2/c1-13-14-8-6-7-9-15(14)17(24)22(20-13)10-16(23)19-11-18(2,3)12-21(4)5/h6-9H,10-12H2,1-5H3,(H,19,23). The zero-order chi connectivity index (χ0) is 17.9. The molecule has 0 saturated heterocycles. The zero-order valence-corrected chi connectivity index (χ0v) is 15.1. The van der Waals surface area contributed by atoms with Crippen molar-refractivity contribution in [2.24, 2.45) is 5.41 Å². The first-order chi connectivity index (χ1) is 11.2. The summed E-state index contributed by atoms with van der Waals surface area (Å²) in [6, 6.07) is 7.33. The third-order valence-electron chi connectivity index (χ3n) is 3.85. The average Bonchev–Trinajstić information content (AvgIpc) is 2.49. The second kappa shape index (κ2) is 7.13. The van der Waals surface area contributed by atoms with Crippen molar-refractivity contribution in [2.75, 3.05) is 27.2 Å². The fraction of sp³-hybridized carbons (Fsp3) is 0.500. The first-order valence-electron chi connectivity index (χ1n) is 8.07. The van der Waals surface area contributed by atoms with E-state index in [9.17, 15) is 9.59 Å². The summed E-state index contributed by atoms with van der Waals surface area (Å²) in [7, 11) is 4.01. The third-order valence-corrected chi connectivity index (χ3v) is 3.85. The summed E-state index contributed by atoms with van der Waals surface area (Å²) in [6.07, 6.45) is 0. The summed E-state index contributed by atoms with van der Waals surface area (Å²) in [6.45, 7) is 7.38. The van der Waals surface area contributed by atoms with Gasteiger partial charge in [0, 0.05) is 18.5 Å². The molecule has 0 saturated carbocycles. The van der Waals surface area contributed by atoms with Gasteiger partial charge in [-0.15, -0.1) is 0 Å². The number of carbonyl (C=O) groups is 1. The highest BCUT2D eigenvalue weighted by Gasteiger charge is 2.20. The van der Waals surface area contributed by atoms with Gasteiger partial charge in [0.2, 0.25) is 5.91 Å². The van der Waals surface area contributed by atoms with Gasteiger partial charge < -0.3 is 10.2 Å². The van der Waals surface area contributed by atoms with E-state index in [1.165, 1.54) is 4.68 Å². The summed E-state index contributed by atoms with van der Waals surface area (Å²) < 4.78 is 1.24. The molecule has 0 spiro atoms. The number of rotatable bonds is 6. The fourth-order valence-corrected chi connectivity index (χ4v) is 2.95. The smallest absolute Gasteiger partial charge is 0.275 e. The highest BCUT2D eigenvalue weighted by atomic mass is 16.2. The van der Waals surface area contributed by atoms with E-state index in [2.05, 4.69) is 29.2 Å². The molecule has 6 nitrogen and oxygen atoms in total. The molecule has 0 bridgehead atoms. The SMILES string of the molecule is Cc1nn(CC(=O)NCC(C)(C)CN(C)C)c(=O)c2ccccc12. The molecule has 6 heteroatoms. The molecule has 0 fully saturated rings. The molecular formula is C18H26N4O2. The Morgan fingerprint density at radius 3 is 2.50 bits per heavy atom. The lowest BCUT2D eigenvalue weighted by molar-refractivity contribution is -0.122. The molecule has 1 amide bonds. The van der Waals surface area contributed by atoms with Crippen LogP contribution in [0.1, 0.15) is 19.5 Å². The number of fused-ring (bicyclic) bond motifs is 1. The van der Waals surface area contributed by atoms with Crippen molar-refractivity contribution in [3.63, 3.8) is 0 Å². The van der Waals surface area contributed by atoms with Crippen LogP contribution in [-0.2, 0) is 11.3 Å². The zero-order valence-electron chi connectivity index (χ0n) is 15.1. The number of aryl methyl sites for hydroxylation is 1. The van der Waals surface area contributed by atoms with E-state index in [0.29, 0.717) is 11.9 Å². The third kappa shape index (κ3) is 4.41. The lowest BCUT2D eigenvalue weighted by Gasteiger charge is -2.28. The molecule has 0 radical (unpaired) electrons. The van der Waals surface area contributed by atoms with Crippen LogP contribution in [0.25, 0.3) is 10.8 Å². The van der Waals surface area contributed by atoms with Crippen LogP contribution >= 0.6 is 0 Å². The minimum absolute atomic E-state index is 0.0448. The average molecular weight is 330 g/mol. The van der Waals surface area contributed by atoms with Crippen LogP contribution in [0.15, 0.2) is 29.1 Å². The fourth-order valence-electron chi connectivity index (χ4n) is 2.95. The Kier molecular flexibility index (Phi) is 5.39. The van der Waals surface area contributed by atoms with Gasteiger partial charge in [0.1, 0.15) is 6.54 Å². The van der Waals surface area contributed by atoms with E-state index >= 15 is 0 Å². The monoisotopic (exact) mass is 330 g/mol. The first kappa shape index (κ1) is 18.1. The molecule has 1 N–H and O–H groups in total. The van der Waals surface area contributed by atoms with E-state index in [1.54, 1.807) is 6.07 Å². The van der Waals surface area contributed by atoms with E-state index in [4.69, 9.17) is 0 Å². The van der Waals surface area contributed by atoms with Gasteiger partial charge in [-0.1, -0.05) is 32.0 Å². The maximum absolute atomic E-state index is 12.5. The number of benzene rings is 1. The van der Waals surface area contributed by atoms with Crippen molar-refractivity contribution in [3.05, 3.63) is 40.3 Å². The Balaban J connectivity index is 2.11. The molecule has 0 aliphatic heterocycles. The number of nitrogens with one attached hydrogen (secondary N) is 1. The van der Waals surface area contributed by atoms with Crippen LogP contribution in [0, 0.1) is 12.3 Å². The Morgan fingerprint density at radius 2 is 1.88 bits per heavy atom. The first-order valence-corrected chi connectivity index (χ1v) is 8.07. The number of amides is 1. The van der Waals surface area contributed by atoms with Gasteiger partial charge >= 0.3 is 0 Å². The van der Waals surface area contributed by atoms with Gasteiger partial charge in [-0.3, -0.25) is 9.59 Å². The summed E-state index contributed by atoms with van der Waals surface area (Å²) in [5.41, 5.74) is 0.460. The molecule has 0 unspecified atom stereocenters. The Labute approximate surface area is 142 Å². The van der Waals surface area contributed by atoms with Gasteiger partial charge in [-0.25, -0.2) is 4.68 Å². The molecule has 2 aromatic rings. The molecule has 2 rings (SSSR count). The van der Waals surface area contributed by atoms with Crippen molar-refractivity contribution >= 4 is 16.7 Å². The molecule has 1 aromatic heterocycles. The van der Waals surface area contributed by atoms with Crippen LogP contribution in [0.2, 0.25) is 0 Å². The van der Waals surface area contributed by atoms with Crippen molar-refractivity contribution in [2.45, 2.75) is 27.3 Å². The Morgan fingerprint density at radius 1 is 1.25 bits per heavy atom. The van der Waals surface area contributed by atoms with E-state index < -0.39 is 0 Å². The van der Waals surface area contributed by atoms with Crippen molar-refractivity contribution in [1.29, 1.82) is 0 Å². The van der Waals surface area contributed by atoms with Crippen molar-refractivity contribution in [1.82, 2.24) is 20.0 Å². The highest BCUT2D eigenvalue weighted by Crippen LogP contribution is 2.14. The van der Waals surface area contributed by atoms with Gasteiger partial charge in [0.25, 0.3) is 5.56 Å². The van der Waals surface area contributed by atoms with Crippen LogP contribution in [0.4, 0.5) is 0 Å². The number of carbonyl (C=O) groups excluding carboxylic acids is 1.